The van der Waals surface area contributed by atoms with Crippen molar-refractivity contribution in [2.24, 2.45) is 0 Å². The maximum absolute atomic E-state index is 10.9. The Kier molecular flexibility index (Phi) is 3.06. The van der Waals surface area contributed by atoms with Crippen molar-refractivity contribution in [1.29, 1.82) is 0 Å². The van der Waals surface area contributed by atoms with Crippen LogP contribution in [0.15, 0.2) is 18.2 Å². The highest BCUT2D eigenvalue weighted by molar-refractivity contribution is 7.98. The number of hydrogen-bond acceptors (Lipinski definition) is 6. The molecule has 20 heavy (non-hydrogen) atoms. The Morgan fingerprint density at radius 1 is 1.35 bits per heavy atom. The Labute approximate surface area is 119 Å². The second kappa shape index (κ2) is 4.75. The molecule has 1 aliphatic rings. The van der Waals surface area contributed by atoms with E-state index in [1.165, 1.54) is 12.1 Å². The van der Waals surface area contributed by atoms with Gasteiger partial charge in [-0.3, -0.25) is 10.1 Å². The number of non-ortho nitro benzene ring substituents is 1. The number of benzene rings is 1. The SMILES string of the molecule is Cc1ccc([N+](=O)[O-])cc1-c1nc(N)c2c(n1)CSC2. The van der Waals surface area contributed by atoms with Gasteiger partial charge >= 0.3 is 0 Å². The molecule has 3 rings (SSSR count). The summed E-state index contributed by atoms with van der Waals surface area (Å²) in [5.41, 5.74) is 9.46. The molecule has 0 radical (unpaired) electrons. The molecule has 2 heterocycles. The number of hydrogen-bond donors (Lipinski definition) is 1. The number of nitro benzene ring substituents is 1. The van der Waals surface area contributed by atoms with Gasteiger partial charge in [0.25, 0.3) is 5.69 Å². The van der Waals surface area contributed by atoms with Gasteiger partial charge < -0.3 is 5.73 Å². The Hall–Kier alpha value is -2.15. The summed E-state index contributed by atoms with van der Waals surface area (Å²) < 4.78 is 0. The predicted molar refractivity (Wildman–Crippen MR) is 78.3 cm³/mol. The average molecular weight is 288 g/mol. The molecule has 6 nitrogen and oxygen atoms in total. The Morgan fingerprint density at radius 2 is 2.15 bits per heavy atom. The van der Waals surface area contributed by atoms with E-state index in [1.807, 2.05) is 6.92 Å². The van der Waals surface area contributed by atoms with Gasteiger partial charge in [0.1, 0.15) is 5.82 Å². The van der Waals surface area contributed by atoms with E-state index in [0.29, 0.717) is 17.2 Å². The average Bonchev–Trinajstić information content (AvgIpc) is 2.87. The third-order valence-electron chi connectivity index (χ3n) is 3.28. The number of thioether (sulfide) groups is 1. The molecule has 0 saturated heterocycles. The fourth-order valence-electron chi connectivity index (χ4n) is 2.16. The molecule has 0 fully saturated rings. The van der Waals surface area contributed by atoms with E-state index >= 15 is 0 Å². The molecule has 2 aromatic rings. The fraction of sp³-hybridized carbons (Fsp3) is 0.231. The number of nitrogen functional groups attached to an aromatic ring is 1. The van der Waals surface area contributed by atoms with Crippen LogP contribution in [-0.2, 0) is 11.5 Å². The number of aryl methyl sites for hydroxylation is 1. The third kappa shape index (κ3) is 2.09. The number of rotatable bonds is 2. The number of nitrogens with two attached hydrogens (primary N) is 1. The molecule has 102 valence electrons. The molecule has 0 amide bonds. The normalized spacial score (nSPS) is 13.2. The maximum atomic E-state index is 10.9. The minimum absolute atomic E-state index is 0.0302. The van der Waals surface area contributed by atoms with Crippen LogP contribution in [0, 0.1) is 17.0 Å². The van der Waals surface area contributed by atoms with Gasteiger partial charge in [0.15, 0.2) is 5.82 Å². The van der Waals surface area contributed by atoms with Crippen molar-refractivity contribution < 1.29 is 4.92 Å². The molecule has 1 aromatic carbocycles. The van der Waals surface area contributed by atoms with E-state index in [1.54, 1.807) is 17.8 Å². The lowest BCUT2D eigenvalue weighted by Crippen LogP contribution is -2.03. The smallest absolute Gasteiger partial charge is 0.270 e. The van der Waals surface area contributed by atoms with Crippen LogP contribution in [-0.4, -0.2) is 14.9 Å². The standard InChI is InChI=1S/C13H12N4O2S/c1-7-2-3-8(17(18)19)4-9(7)13-15-11-6-20-5-10(11)12(14)16-13/h2-4H,5-6H2,1H3,(H2,14,15,16). The van der Waals surface area contributed by atoms with Crippen LogP contribution in [0.3, 0.4) is 0 Å². The molecule has 0 spiro atoms. The van der Waals surface area contributed by atoms with Gasteiger partial charge in [-0.05, 0) is 12.5 Å². The van der Waals surface area contributed by atoms with Crippen molar-refractivity contribution in [3.63, 3.8) is 0 Å². The van der Waals surface area contributed by atoms with Gasteiger partial charge in [0, 0.05) is 34.8 Å². The molecule has 1 aromatic heterocycles. The quantitative estimate of drug-likeness (QED) is 0.674. The van der Waals surface area contributed by atoms with Crippen molar-refractivity contribution in [3.05, 3.63) is 45.1 Å². The van der Waals surface area contributed by atoms with Crippen LogP contribution in [0.4, 0.5) is 11.5 Å². The Bertz CT molecular complexity index is 718. The van der Waals surface area contributed by atoms with Crippen molar-refractivity contribution in [3.8, 4) is 11.4 Å². The minimum Gasteiger partial charge on any atom is -0.383 e. The second-order valence-corrected chi connectivity index (χ2v) is 5.59. The highest BCUT2D eigenvalue weighted by atomic mass is 32.2. The highest BCUT2D eigenvalue weighted by Crippen LogP contribution is 2.34. The lowest BCUT2D eigenvalue weighted by Gasteiger charge is -2.08. The molecule has 7 heteroatoms. The van der Waals surface area contributed by atoms with Gasteiger partial charge in [0.2, 0.25) is 0 Å². The number of nitro groups is 1. The van der Waals surface area contributed by atoms with Gasteiger partial charge in [-0.2, -0.15) is 11.8 Å². The molecule has 0 unspecified atom stereocenters. The van der Waals surface area contributed by atoms with E-state index in [0.717, 1.165) is 28.3 Å². The van der Waals surface area contributed by atoms with Crippen LogP contribution < -0.4 is 5.73 Å². The zero-order valence-electron chi connectivity index (χ0n) is 10.8. The summed E-state index contributed by atoms with van der Waals surface area (Å²) in [5.74, 6) is 2.57. The maximum Gasteiger partial charge on any atom is 0.270 e. The molecule has 0 bridgehead atoms. The van der Waals surface area contributed by atoms with Gasteiger partial charge in [-0.25, -0.2) is 9.97 Å². The van der Waals surface area contributed by atoms with Crippen molar-refractivity contribution in [2.45, 2.75) is 18.4 Å². The van der Waals surface area contributed by atoms with E-state index < -0.39 is 4.92 Å². The summed E-state index contributed by atoms with van der Waals surface area (Å²) in [6, 6.07) is 4.68. The Balaban J connectivity index is 2.16. The summed E-state index contributed by atoms with van der Waals surface area (Å²) >= 11 is 1.74. The molecular weight excluding hydrogens is 276 g/mol. The van der Waals surface area contributed by atoms with E-state index in [2.05, 4.69) is 9.97 Å². The summed E-state index contributed by atoms with van der Waals surface area (Å²) in [6.07, 6.45) is 0. The summed E-state index contributed by atoms with van der Waals surface area (Å²) in [7, 11) is 0. The van der Waals surface area contributed by atoms with Gasteiger partial charge in [-0.15, -0.1) is 0 Å². The fourth-order valence-corrected chi connectivity index (χ4v) is 3.21. The van der Waals surface area contributed by atoms with E-state index in [4.69, 9.17) is 5.73 Å². The largest absolute Gasteiger partial charge is 0.383 e. The van der Waals surface area contributed by atoms with Crippen LogP contribution in [0.5, 0.6) is 0 Å². The van der Waals surface area contributed by atoms with Crippen molar-refractivity contribution >= 4 is 23.3 Å². The van der Waals surface area contributed by atoms with Crippen molar-refractivity contribution in [2.75, 3.05) is 5.73 Å². The zero-order chi connectivity index (χ0) is 14.3. The summed E-state index contributed by atoms with van der Waals surface area (Å²) in [6.45, 7) is 1.88. The molecule has 1 aliphatic heterocycles. The first-order valence-corrected chi connectivity index (χ1v) is 7.20. The number of fused-ring (bicyclic) bond motifs is 1. The summed E-state index contributed by atoms with van der Waals surface area (Å²) in [4.78, 5) is 19.3. The lowest BCUT2D eigenvalue weighted by atomic mass is 10.1. The number of anilines is 1. The molecule has 2 N–H and O–H groups in total. The molecule has 0 saturated carbocycles. The monoisotopic (exact) mass is 288 g/mol. The van der Waals surface area contributed by atoms with E-state index in [9.17, 15) is 10.1 Å². The second-order valence-electron chi connectivity index (χ2n) is 4.61. The van der Waals surface area contributed by atoms with Gasteiger partial charge in [0.05, 0.1) is 10.6 Å². The number of nitrogens with zero attached hydrogens (tertiary/aromatic N) is 3. The van der Waals surface area contributed by atoms with Crippen LogP contribution in [0.25, 0.3) is 11.4 Å². The minimum atomic E-state index is -0.421. The third-order valence-corrected chi connectivity index (χ3v) is 4.25. The topological polar surface area (TPSA) is 94.9 Å². The number of aromatic nitrogens is 2. The van der Waals surface area contributed by atoms with Crippen LogP contribution in [0.2, 0.25) is 0 Å². The van der Waals surface area contributed by atoms with Crippen molar-refractivity contribution in [1.82, 2.24) is 9.97 Å². The Morgan fingerprint density at radius 3 is 2.90 bits per heavy atom. The first kappa shape index (κ1) is 12.9. The van der Waals surface area contributed by atoms with Crippen LogP contribution in [0.1, 0.15) is 16.8 Å². The van der Waals surface area contributed by atoms with Crippen LogP contribution >= 0.6 is 11.8 Å². The first-order valence-electron chi connectivity index (χ1n) is 6.04. The molecular formula is C13H12N4O2S. The summed E-state index contributed by atoms with van der Waals surface area (Å²) in [5, 5.41) is 10.9. The molecule has 0 atom stereocenters. The zero-order valence-corrected chi connectivity index (χ0v) is 11.6. The van der Waals surface area contributed by atoms with Gasteiger partial charge in [-0.1, -0.05) is 6.07 Å². The van der Waals surface area contributed by atoms with E-state index in [-0.39, 0.29) is 5.69 Å². The molecule has 0 aliphatic carbocycles. The highest BCUT2D eigenvalue weighted by Gasteiger charge is 2.20. The lowest BCUT2D eigenvalue weighted by molar-refractivity contribution is -0.384. The first-order chi connectivity index (χ1) is 9.56. The predicted octanol–water partition coefficient (Wildman–Crippen LogP) is 2.69.